The number of aromatic nitrogens is 1. The molecule has 0 unspecified atom stereocenters. The summed E-state index contributed by atoms with van der Waals surface area (Å²) in [4.78, 5) is 16.7. The second-order valence-corrected chi connectivity index (χ2v) is 8.80. The van der Waals surface area contributed by atoms with E-state index < -0.39 is 21.7 Å². The molecule has 0 saturated heterocycles. The third-order valence-corrected chi connectivity index (χ3v) is 5.72. The maximum Gasteiger partial charge on any atom is 1.00 e. The van der Waals surface area contributed by atoms with Crippen LogP contribution < -0.4 is 49.8 Å². The number of hydrogen-bond donors (Lipinski definition) is 2. The van der Waals surface area contributed by atoms with Crippen molar-refractivity contribution in [1.29, 1.82) is 0 Å². The molecule has 2 aromatic carbocycles. The second kappa shape index (κ2) is 9.69. The molecule has 12 heteroatoms. The molecule has 3 N–H and O–H groups in total. The number of nitrogens with zero attached hydrogens (tertiary/aromatic N) is 1. The summed E-state index contributed by atoms with van der Waals surface area (Å²) in [5.41, 5.74) is 0.397. The Balaban J connectivity index is 0.00000193. The normalized spacial score (nSPS) is 11.2. The van der Waals surface area contributed by atoms with Crippen LogP contribution in [0, 0.1) is 12.7 Å². The van der Waals surface area contributed by atoms with Crippen molar-refractivity contribution in [2.45, 2.75) is 13.3 Å². The molecular weight excluding hydrogens is 468 g/mol. The summed E-state index contributed by atoms with van der Waals surface area (Å²) in [5.74, 6) is -0.354. The standard InChI is InChI=1S/C20H16FN3O5S2.Na.H/c1-11-14-6-5-13(28-20-23-7-8-30-20)10-17(14)29-19(25)15(11)9-12-3-2-4-16(18(12)21)24-31(22,26)27;;/h2-8,10,24H,9H2,1H3,(H2,22,26,27);;/q;+1;-1. The number of ether oxygens (including phenoxy) is 1. The van der Waals surface area contributed by atoms with E-state index in [4.69, 9.17) is 14.3 Å². The number of nitrogens with two attached hydrogens (primary N) is 1. The molecule has 2 aromatic heterocycles. The molecule has 8 nitrogen and oxygen atoms in total. The maximum absolute atomic E-state index is 14.8. The van der Waals surface area contributed by atoms with Crippen LogP contribution in [0.3, 0.4) is 0 Å². The maximum atomic E-state index is 14.8. The van der Waals surface area contributed by atoms with Gasteiger partial charge in [0.1, 0.15) is 11.3 Å². The van der Waals surface area contributed by atoms with Gasteiger partial charge in [-0.2, -0.15) is 8.42 Å². The van der Waals surface area contributed by atoms with Crippen LogP contribution in [0.5, 0.6) is 10.9 Å². The molecule has 0 aliphatic heterocycles. The zero-order valence-corrected chi connectivity index (χ0v) is 20.7. The second-order valence-electron chi connectivity index (χ2n) is 6.65. The Morgan fingerprint density at radius 2 is 2.09 bits per heavy atom. The SMILES string of the molecule is Cc1c(Cc2cccc(NS(N)(=O)=O)c2F)c(=O)oc2cc(Oc3nccs3)ccc12.[H-].[Na+]. The van der Waals surface area contributed by atoms with Crippen molar-refractivity contribution in [3.05, 3.63) is 80.9 Å². The minimum Gasteiger partial charge on any atom is -1.00 e. The minimum atomic E-state index is -4.14. The van der Waals surface area contributed by atoms with E-state index in [1.807, 2.05) is 4.72 Å². The number of fused-ring (bicyclic) bond motifs is 1. The summed E-state index contributed by atoms with van der Waals surface area (Å²) in [7, 11) is -4.14. The summed E-state index contributed by atoms with van der Waals surface area (Å²) >= 11 is 1.33. The summed E-state index contributed by atoms with van der Waals surface area (Å²) in [5, 5.41) is 7.82. The molecule has 0 atom stereocenters. The minimum absolute atomic E-state index is 0. The number of aryl methyl sites for hydroxylation is 1. The first-order chi connectivity index (χ1) is 14.7. The summed E-state index contributed by atoms with van der Waals surface area (Å²) < 4.78 is 50.2. The molecule has 4 rings (SSSR count). The summed E-state index contributed by atoms with van der Waals surface area (Å²) in [6.07, 6.45) is 1.53. The van der Waals surface area contributed by atoms with E-state index in [1.165, 1.54) is 29.5 Å². The molecule has 0 radical (unpaired) electrons. The smallest absolute Gasteiger partial charge is 1.00 e. The van der Waals surface area contributed by atoms with Gasteiger partial charge in [-0.1, -0.05) is 23.5 Å². The fraction of sp³-hybridized carbons (Fsp3) is 0.100. The van der Waals surface area contributed by atoms with Gasteiger partial charge in [-0.25, -0.2) is 19.3 Å². The van der Waals surface area contributed by atoms with Crippen LogP contribution in [-0.4, -0.2) is 13.4 Å². The van der Waals surface area contributed by atoms with Crippen molar-refractivity contribution in [1.82, 2.24) is 4.98 Å². The largest absolute Gasteiger partial charge is 1.00 e. The van der Waals surface area contributed by atoms with Crippen LogP contribution in [-0.2, 0) is 16.6 Å². The molecule has 0 aliphatic rings. The Labute approximate surface area is 210 Å². The zero-order valence-electron chi connectivity index (χ0n) is 18.1. The van der Waals surface area contributed by atoms with E-state index >= 15 is 0 Å². The van der Waals surface area contributed by atoms with E-state index in [0.29, 0.717) is 27.5 Å². The van der Waals surface area contributed by atoms with Crippen LogP contribution >= 0.6 is 11.3 Å². The predicted molar refractivity (Wildman–Crippen MR) is 116 cm³/mol. The molecule has 0 amide bonds. The number of anilines is 1. The van der Waals surface area contributed by atoms with Crippen molar-refractivity contribution in [2.24, 2.45) is 5.14 Å². The van der Waals surface area contributed by atoms with Gasteiger partial charge >= 0.3 is 35.2 Å². The van der Waals surface area contributed by atoms with Gasteiger partial charge in [-0.15, -0.1) is 0 Å². The fourth-order valence-electron chi connectivity index (χ4n) is 3.14. The molecule has 0 spiro atoms. The van der Waals surface area contributed by atoms with Crippen LogP contribution in [0.15, 0.2) is 57.2 Å². The number of hydrogen-bond acceptors (Lipinski definition) is 7. The third-order valence-electron chi connectivity index (χ3n) is 4.57. The molecule has 0 saturated carbocycles. The van der Waals surface area contributed by atoms with Gasteiger partial charge in [0.15, 0.2) is 5.82 Å². The van der Waals surface area contributed by atoms with Crippen molar-refractivity contribution in [3.8, 4) is 10.9 Å². The quantitative estimate of drug-likeness (QED) is 0.308. The molecular formula is C20H17FN3NaO5S2. The van der Waals surface area contributed by atoms with E-state index in [2.05, 4.69) is 4.98 Å². The summed E-state index contributed by atoms with van der Waals surface area (Å²) in [6, 6.07) is 9.21. The van der Waals surface area contributed by atoms with E-state index in [9.17, 15) is 17.6 Å². The zero-order chi connectivity index (χ0) is 22.2. The van der Waals surface area contributed by atoms with Gasteiger partial charge in [-0.3, -0.25) is 4.72 Å². The molecule has 2 heterocycles. The van der Waals surface area contributed by atoms with Crippen molar-refractivity contribution in [3.63, 3.8) is 0 Å². The number of rotatable bonds is 6. The Bertz CT molecular complexity index is 1450. The van der Waals surface area contributed by atoms with Gasteiger partial charge in [0.25, 0.3) is 15.4 Å². The van der Waals surface area contributed by atoms with Gasteiger partial charge in [0, 0.05) is 35.0 Å². The average Bonchev–Trinajstić information content (AvgIpc) is 3.19. The van der Waals surface area contributed by atoms with Gasteiger partial charge in [0.2, 0.25) is 0 Å². The predicted octanol–water partition coefficient (Wildman–Crippen LogP) is 0.812. The van der Waals surface area contributed by atoms with Gasteiger partial charge in [0.05, 0.1) is 5.69 Å². The molecule has 4 aromatic rings. The van der Waals surface area contributed by atoms with Gasteiger partial charge in [-0.05, 0) is 36.2 Å². The Hall–Kier alpha value is -2.28. The number of halogens is 1. The van der Waals surface area contributed by atoms with Crippen LogP contribution in [0.1, 0.15) is 18.1 Å². The third kappa shape index (κ3) is 5.37. The van der Waals surface area contributed by atoms with Crippen molar-refractivity contribution in [2.75, 3.05) is 4.72 Å². The van der Waals surface area contributed by atoms with Crippen LogP contribution in [0.4, 0.5) is 10.1 Å². The number of nitrogens with one attached hydrogen (secondary N) is 1. The topological polar surface area (TPSA) is 125 Å². The molecule has 0 bridgehead atoms. The number of thiazole rings is 1. The fourth-order valence-corrected chi connectivity index (χ4v) is 4.11. The molecule has 32 heavy (non-hydrogen) atoms. The van der Waals surface area contributed by atoms with Crippen molar-refractivity contribution < 1.29 is 52.9 Å². The first kappa shape index (κ1) is 24.4. The Kier molecular flexibility index (Phi) is 7.38. The Morgan fingerprint density at radius 1 is 1.31 bits per heavy atom. The van der Waals surface area contributed by atoms with E-state index in [0.717, 1.165) is 0 Å². The van der Waals surface area contributed by atoms with Gasteiger partial charge < -0.3 is 10.6 Å². The van der Waals surface area contributed by atoms with Crippen LogP contribution in [0.25, 0.3) is 11.0 Å². The average molecular weight is 485 g/mol. The monoisotopic (exact) mass is 485 g/mol. The molecule has 0 fully saturated rings. The van der Waals surface area contributed by atoms with E-state index in [1.54, 1.807) is 36.7 Å². The molecule has 0 aliphatic carbocycles. The van der Waals surface area contributed by atoms with Crippen LogP contribution in [0.2, 0.25) is 0 Å². The summed E-state index contributed by atoms with van der Waals surface area (Å²) in [6.45, 7) is 1.74. The Morgan fingerprint density at radius 3 is 2.78 bits per heavy atom. The molecule has 162 valence electrons. The number of benzene rings is 2. The van der Waals surface area contributed by atoms with Crippen molar-refractivity contribution >= 4 is 38.2 Å². The van der Waals surface area contributed by atoms with E-state index in [-0.39, 0.29) is 54.2 Å². The first-order valence-corrected chi connectivity index (χ1v) is 11.4. The first-order valence-electron chi connectivity index (χ1n) is 8.93.